The van der Waals surface area contributed by atoms with Crippen LogP contribution in [-0.2, 0) is 17.6 Å². The average Bonchev–Trinajstić information content (AvgIpc) is 2.90. The molecule has 0 fully saturated rings. The van der Waals surface area contributed by atoms with Crippen LogP contribution in [0.1, 0.15) is 16.7 Å². The van der Waals surface area contributed by atoms with Crippen LogP contribution in [0.3, 0.4) is 0 Å². The van der Waals surface area contributed by atoms with Gasteiger partial charge in [-0.3, -0.25) is 4.79 Å². The van der Waals surface area contributed by atoms with E-state index in [0.717, 1.165) is 28.5 Å². The van der Waals surface area contributed by atoms with Crippen LogP contribution >= 0.6 is 15.9 Å². The topological polar surface area (TPSA) is 71.3 Å². The van der Waals surface area contributed by atoms with Gasteiger partial charge in [0.1, 0.15) is 18.2 Å². The number of fused-ring (bicyclic) bond motifs is 1. The van der Waals surface area contributed by atoms with Gasteiger partial charge >= 0.3 is 6.18 Å². The molecule has 0 bridgehead atoms. The number of alkyl halides is 3. The molecule has 0 spiro atoms. The van der Waals surface area contributed by atoms with Crippen molar-refractivity contribution in [1.29, 1.82) is 5.26 Å². The Morgan fingerprint density at radius 3 is 2.50 bits per heavy atom. The van der Waals surface area contributed by atoms with E-state index in [9.17, 15) is 23.2 Å². The van der Waals surface area contributed by atoms with Gasteiger partial charge in [0.2, 0.25) is 0 Å². The average molecular weight is 581 g/mol. The predicted molar refractivity (Wildman–Crippen MR) is 143 cm³/mol. The normalized spacial score (nSPS) is 11.6. The zero-order chi connectivity index (χ0) is 27.3. The van der Waals surface area contributed by atoms with E-state index in [-0.39, 0.29) is 17.9 Å². The number of methoxy groups -OCH3 is 1. The van der Waals surface area contributed by atoms with Crippen molar-refractivity contribution >= 4 is 44.4 Å². The molecular weight excluding hydrogens is 561 g/mol. The van der Waals surface area contributed by atoms with Crippen molar-refractivity contribution < 1.29 is 27.4 Å². The van der Waals surface area contributed by atoms with Gasteiger partial charge in [-0.05, 0) is 58.3 Å². The minimum atomic E-state index is -4.56. The molecule has 9 heteroatoms. The molecule has 0 aliphatic heterocycles. The summed E-state index contributed by atoms with van der Waals surface area (Å²) in [6.45, 7) is 0.280. The Labute approximate surface area is 225 Å². The van der Waals surface area contributed by atoms with Crippen molar-refractivity contribution in [2.24, 2.45) is 0 Å². The Balaban J connectivity index is 1.56. The molecule has 4 aromatic carbocycles. The first kappa shape index (κ1) is 26.8. The van der Waals surface area contributed by atoms with Crippen LogP contribution < -0.4 is 14.8 Å². The van der Waals surface area contributed by atoms with Gasteiger partial charge in [0.05, 0.1) is 12.7 Å². The number of ether oxygens (including phenoxy) is 2. The van der Waals surface area contributed by atoms with Gasteiger partial charge in [-0.2, -0.15) is 18.4 Å². The lowest BCUT2D eigenvalue weighted by atomic mass is 10.1. The zero-order valence-electron chi connectivity index (χ0n) is 20.0. The predicted octanol–water partition coefficient (Wildman–Crippen LogP) is 7.75. The van der Waals surface area contributed by atoms with Crippen molar-refractivity contribution in [1.82, 2.24) is 0 Å². The molecule has 1 N–H and O–H groups in total. The fourth-order valence-electron chi connectivity index (χ4n) is 3.78. The summed E-state index contributed by atoms with van der Waals surface area (Å²) in [5.41, 5.74) is 0.122. The van der Waals surface area contributed by atoms with Crippen molar-refractivity contribution in [3.05, 3.63) is 106 Å². The van der Waals surface area contributed by atoms with Crippen LogP contribution in [0.2, 0.25) is 0 Å². The largest absolute Gasteiger partial charge is 0.493 e. The fourth-order valence-corrected chi connectivity index (χ4v) is 4.22. The Hall–Kier alpha value is -4.29. The highest BCUT2D eigenvalue weighted by atomic mass is 79.9. The first-order valence-corrected chi connectivity index (χ1v) is 12.1. The number of nitrogens with zero attached hydrogens (tertiary/aromatic N) is 1. The number of carbonyl (C=O) groups is 1. The van der Waals surface area contributed by atoms with Crippen molar-refractivity contribution in [2.75, 3.05) is 12.4 Å². The summed E-state index contributed by atoms with van der Waals surface area (Å²) in [7, 11) is 1.47. The molecule has 192 valence electrons. The van der Waals surface area contributed by atoms with Crippen LogP contribution in [0, 0.1) is 11.3 Å². The number of anilines is 1. The molecule has 0 atom stereocenters. The molecule has 0 aromatic heterocycles. The fraction of sp³-hybridized carbons (Fsp3) is 0.103. The Kier molecular flexibility index (Phi) is 8.03. The Morgan fingerprint density at radius 1 is 1.03 bits per heavy atom. The second-order valence-electron chi connectivity index (χ2n) is 8.15. The molecule has 0 saturated heterocycles. The zero-order valence-corrected chi connectivity index (χ0v) is 21.6. The molecule has 0 unspecified atom stereocenters. The molecule has 4 rings (SSSR count). The molecular formula is C29H20BrF3N2O3. The second-order valence-corrected chi connectivity index (χ2v) is 9.01. The number of hydrogen-bond acceptors (Lipinski definition) is 4. The maximum atomic E-state index is 13.0. The maximum absolute atomic E-state index is 13.0. The van der Waals surface area contributed by atoms with E-state index in [2.05, 4.69) is 21.2 Å². The lowest BCUT2D eigenvalue weighted by Gasteiger charge is -2.14. The summed E-state index contributed by atoms with van der Waals surface area (Å²) < 4.78 is 51.0. The van der Waals surface area contributed by atoms with E-state index >= 15 is 0 Å². The molecule has 4 aromatic rings. The summed E-state index contributed by atoms with van der Waals surface area (Å²) in [6.07, 6.45) is -3.25. The van der Waals surface area contributed by atoms with Gasteiger partial charge in [-0.25, -0.2) is 0 Å². The summed E-state index contributed by atoms with van der Waals surface area (Å²) >= 11 is 3.44. The van der Waals surface area contributed by atoms with Crippen LogP contribution in [-0.4, -0.2) is 13.0 Å². The number of rotatable bonds is 7. The van der Waals surface area contributed by atoms with Gasteiger partial charge in [0.15, 0.2) is 11.5 Å². The summed E-state index contributed by atoms with van der Waals surface area (Å²) in [5, 5.41) is 14.1. The Morgan fingerprint density at radius 2 is 1.76 bits per heavy atom. The molecule has 0 radical (unpaired) electrons. The molecule has 0 heterocycles. The van der Waals surface area contributed by atoms with E-state index in [1.165, 1.54) is 25.3 Å². The number of nitriles is 1. The van der Waals surface area contributed by atoms with E-state index < -0.39 is 17.6 Å². The number of nitrogens with one attached hydrogen (secondary N) is 1. The number of halogens is 4. The summed E-state index contributed by atoms with van der Waals surface area (Å²) in [4.78, 5) is 12.7. The quantitative estimate of drug-likeness (QED) is 0.179. The molecule has 0 aliphatic rings. The van der Waals surface area contributed by atoms with Crippen LogP contribution in [0.25, 0.3) is 16.8 Å². The first-order valence-electron chi connectivity index (χ1n) is 11.3. The number of carbonyl (C=O) groups excluding carboxylic acids is 1. The summed E-state index contributed by atoms with van der Waals surface area (Å²) in [5.74, 6) is -0.0411. The SMILES string of the molecule is COc1cc(/C=C(/C#N)C(=O)Nc2cccc(C(F)(F)F)c2)c(Br)cc1OCc1cccc2ccccc12. The highest BCUT2D eigenvalue weighted by Gasteiger charge is 2.30. The summed E-state index contributed by atoms with van der Waals surface area (Å²) in [6, 6.07) is 23.1. The third-order valence-electron chi connectivity index (χ3n) is 5.66. The van der Waals surface area contributed by atoms with Gasteiger partial charge in [0.25, 0.3) is 5.91 Å². The minimum Gasteiger partial charge on any atom is -0.493 e. The minimum absolute atomic E-state index is 0.0835. The van der Waals surface area contributed by atoms with E-state index in [0.29, 0.717) is 21.5 Å². The highest BCUT2D eigenvalue weighted by Crippen LogP contribution is 2.36. The number of benzene rings is 4. The standard InChI is InChI=1S/C29H20BrF3N2O3/c1-37-26-13-20(12-21(16-34)28(36)35-23-10-5-9-22(14-23)29(31,32)33)25(30)15-27(26)38-17-19-8-4-7-18-6-2-3-11-24(18)19/h2-15H,17H2,1H3,(H,35,36)/b21-12-. The van der Waals surface area contributed by atoms with Crippen LogP contribution in [0.5, 0.6) is 11.5 Å². The van der Waals surface area contributed by atoms with E-state index in [1.807, 2.05) is 42.5 Å². The van der Waals surface area contributed by atoms with Crippen molar-refractivity contribution in [3.63, 3.8) is 0 Å². The molecule has 5 nitrogen and oxygen atoms in total. The van der Waals surface area contributed by atoms with Gasteiger partial charge in [0, 0.05) is 10.2 Å². The number of amides is 1. The van der Waals surface area contributed by atoms with Crippen molar-refractivity contribution in [3.8, 4) is 17.6 Å². The van der Waals surface area contributed by atoms with Crippen LogP contribution in [0.4, 0.5) is 18.9 Å². The van der Waals surface area contributed by atoms with Gasteiger partial charge in [-0.1, -0.05) is 64.5 Å². The lowest BCUT2D eigenvalue weighted by molar-refractivity contribution is -0.137. The van der Waals surface area contributed by atoms with Gasteiger partial charge in [-0.15, -0.1) is 0 Å². The Bertz CT molecular complexity index is 1570. The highest BCUT2D eigenvalue weighted by molar-refractivity contribution is 9.10. The van der Waals surface area contributed by atoms with E-state index in [4.69, 9.17) is 9.47 Å². The van der Waals surface area contributed by atoms with Gasteiger partial charge < -0.3 is 14.8 Å². The smallest absolute Gasteiger partial charge is 0.416 e. The number of hydrogen-bond donors (Lipinski definition) is 1. The monoisotopic (exact) mass is 580 g/mol. The first-order chi connectivity index (χ1) is 18.2. The van der Waals surface area contributed by atoms with E-state index in [1.54, 1.807) is 18.2 Å². The maximum Gasteiger partial charge on any atom is 0.416 e. The lowest BCUT2D eigenvalue weighted by Crippen LogP contribution is -2.14. The molecule has 1 amide bonds. The second kappa shape index (κ2) is 11.4. The van der Waals surface area contributed by atoms with Crippen molar-refractivity contribution in [2.45, 2.75) is 12.8 Å². The third-order valence-corrected chi connectivity index (χ3v) is 6.35. The molecule has 0 saturated carbocycles. The molecule has 0 aliphatic carbocycles. The van der Waals surface area contributed by atoms with Crippen LogP contribution in [0.15, 0.2) is 88.9 Å². The third kappa shape index (κ3) is 6.15. The molecule has 38 heavy (non-hydrogen) atoms.